The van der Waals surface area contributed by atoms with Crippen LogP contribution < -0.4 is 10.2 Å². The third-order valence-electron chi connectivity index (χ3n) is 4.81. The van der Waals surface area contributed by atoms with Crippen LogP contribution in [0.25, 0.3) is 0 Å². The van der Waals surface area contributed by atoms with Crippen LogP contribution >= 0.6 is 11.3 Å². The zero-order chi connectivity index (χ0) is 18.5. The summed E-state index contributed by atoms with van der Waals surface area (Å²) in [6.07, 6.45) is 2.89. The third kappa shape index (κ3) is 4.94. The molecule has 3 rings (SSSR count). The number of hydrogen-bond acceptors (Lipinski definition) is 4. The Hall–Kier alpha value is -2.14. The number of hydrogen-bond donors (Lipinski definition) is 1. The molecule has 1 amide bonds. The van der Waals surface area contributed by atoms with Crippen molar-refractivity contribution >= 4 is 28.7 Å². The Bertz CT molecular complexity index is 767. The van der Waals surface area contributed by atoms with E-state index in [-0.39, 0.29) is 11.7 Å². The van der Waals surface area contributed by atoms with Crippen molar-refractivity contribution in [3.05, 3.63) is 51.7 Å². The summed E-state index contributed by atoms with van der Waals surface area (Å²) in [5, 5.41) is 4.84. The molecule has 1 atom stereocenters. The lowest BCUT2D eigenvalue weighted by molar-refractivity contribution is -0.120. The number of Topliss-reactive ketones (excluding diaryl/α,β-unsaturated/α-hetero) is 1. The molecule has 2 aromatic rings. The molecule has 0 bridgehead atoms. The molecular weight excluding hydrogens is 344 g/mol. The van der Waals surface area contributed by atoms with Gasteiger partial charge in [0.1, 0.15) is 0 Å². The molecule has 0 radical (unpaired) electrons. The summed E-state index contributed by atoms with van der Waals surface area (Å²) in [4.78, 5) is 26.6. The van der Waals surface area contributed by atoms with Crippen molar-refractivity contribution in [2.75, 3.05) is 18.0 Å². The summed E-state index contributed by atoms with van der Waals surface area (Å²) >= 11 is 1.40. The highest BCUT2D eigenvalue weighted by Gasteiger charge is 2.16. The van der Waals surface area contributed by atoms with Gasteiger partial charge in [0.25, 0.3) is 0 Å². The smallest absolute Gasteiger partial charge is 0.224 e. The Morgan fingerprint density at radius 1 is 1.23 bits per heavy atom. The standard InChI is InChI=1S/C21H26N2O2S/c1-15-4-3-9-23(13-15)19-7-5-17(6-8-19)12-22-21(25)11-18-10-20(16(2)24)26-14-18/h5-8,10,14-15H,3-4,9,11-13H2,1-2H3,(H,22,25). The molecule has 1 fully saturated rings. The van der Waals surface area contributed by atoms with Gasteiger partial charge in [0.15, 0.2) is 5.78 Å². The number of ketones is 1. The zero-order valence-electron chi connectivity index (χ0n) is 15.5. The summed E-state index contributed by atoms with van der Waals surface area (Å²) in [5.74, 6) is 0.778. The number of carbonyl (C=O) groups excluding carboxylic acids is 2. The van der Waals surface area contributed by atoms with E-state index in [0.29, 0.717) is 17.8 Å². The van der Waals surface area contributed by atoms with Gasteiger partial charge >= 0.3 is 0 Å². The van der Waals surface area contributed by atoms with Crippen LogP contribution in [0.3, 0.4) is 0 Å². The van der Waals surface area contributed by atoms with Crippen LogP contribution in [0.2, 0.25) is 0 Å². The van der Waals surface area contributed by atoms with Gasteiger partial charge in [-0.2, -0.15) is 0 Å². The van der Waals surface area contributed by atoms with Gasteiger partial charge in [-0.1, -0.05) is 19.1 Å². The molecule has 2 heterocycles. The van der Waals surface area contributed by atoms with Crippen LogP contribution in [0.5, 0.6) is 0 Å². The fourth-order valence-corrected chi connectivity index (χ4v) is 4.17. The van der Waals surface area contributed by atoms with Gasteiger partial charge in [-0.3, -0.25) is 9.59 Å². The maximum atomic E-state index is 12.1. The number of piperidine rings is 1. The van der Waals surface area contributed by atoms with Gasteiger partial charge in [-0.05, 0) is 60.4 Å². The quantitative estimate of drug-likeness (QED) is 0.781. The topological polar surface area (TPSA) is 49.4 Å². The number of benzene rings is 1. The van der Waals surface area contributed by atoms with Gasteiger partial charge in [-0.15, -0.1) is 11.3 Å². The average Bonchev–Trinajstić information content (AvgIpc) is 3.09. The molecule has 1 aromatic carbocycles. The molecule has 1 N–H and O–H groups in total. The minimum atomic E-state index is -0.0215. The van der Waals surface area contributed by atoms with Gasteiger partial charge < -0.3 is 10.2 Å². The number of anilines is 1. The lowest BCUT2D eigenvalue weighted by Crippen LogP contribution is -2.34. The van der Waals surface area contributed by atoms with Crippen molar-refractivity contribution < 1.29 is 9.59 Å². The van der Waals surface area contributed by atoms with Crippen molar-refractivity contribution in [2.24, 2.45) is 5.92 Å². The Balaban J connectivity index is 1.49. The highest BCUT2D eigenvalue weighted by Crippen LogP contribution is 2.23. The second-order valence-electron chi connectivity index (χ2n) is 7.19. The van der Waals surface area contributed by atoms with E-state index < -0.39 is 0 Å². The molecule has 0 spiro atoms. The van der Waals surface area contributed by atoms with Crippen molar-refractivity contribution in [3.63, 3.8) is 0 Å². The molecule has 26 heavy (non-hydrogen) atoms. The van der Waals surface area contributed by atoms with Crippen LogP contribution in [0.1, 0.15) is 47.5 Å². The van der Waals surface area contributed by atoms with Crippen LogP contribution in [0, 0.1) is 5.92 Å². The Morgan fingerprint density at radius 2 is 2.00 bits per heavy atom. The first-order valence-corrected chi connectivity index (χ1v) is 10.1. The van der Waals surface area contributed by atoms with E-state index in [9.17, 15) is 9.59 Å². The summed E-state index contributed by atoms with van der Waals surface area (Å²) < 4.78 is 0. The highest BCUT2D eigenvalue weighted by molar-refractivity contribution is 7.12. The molecule has 1 aliphatic rings. The summed E-state index contributed by atoms with van der Waals surface area (Å²) in [7, 11) is 0. The van der Waals surface area contributed by atoms with Crippen LogP contribution in [-0.2, 0) is 17.8 Å². The van der Waals surface area contributed by atoms with E-state index in [1.807, 2.05) is 5.38 Å². The van der Waals surface area contributed by atoms with Crippen molar-refractivity contribution in [3.8, 4) is 0 Å². The molecular formula is C21H26N2O2S. The predicted molar refractivity (Wildman–Crippen MR) is 107 cm³/mol. The monoisotopic (exact) mass is 370 g/mol. The largest absolute Gasteiger partial charge is 0.371 e. The molecule has 5 heteroatoms. The van der Waals surface area contributed by atoms with E-state index in [4.69, 9.17) is 0 Å². The number of nitrogens with one attached hydrogen (secondary N) is 1. The number of carbonyl (C=O) groups is 2. The van der Waals surface area contributed by atoms with Crippen LogP contribution in [0.4, 0.5) is 5.69 Å². The first-order valence-electron chi connectivity index (χ1n) is 9.20. The second-order valence-corrected chi connectivity index (χ2v) is 8.10. The molecule has 1 aliphatic heterocycles. The molecule has 1 saturated heterocycles. The maximum absolute atomic E-state index is 12.1. The Labute approximate surface area is 159 Å². The summed E-state index contributed by atoms with van der Waals surface area (Å²) in [6, 6.07) is 10.3. The third-order valence-corrected chi connectivity index (χ3v) is 5.89. The molecule has 4 nitrogen and oxygen atoms in total. The van der Waals surface area contributed by atoms with E-state index in [1.54, 1.807) is 13.0 Å². The number of rotatable bonds is 6. The van der Waals surface area contributed by atoms with Crippen molar-refractivity contribution in [1.29, 1.82) is 0 Å². The van der Waals surface area contributed by atoms with E-state index in [0.717, 1.165) is 30.1 Å². The Morgan fingerprint density at radius 3 is 2.65 bits per heavy atom. The first kappa shape index (κ1) is 18.6. The Kier molecular flexibility index (Phi) is 6.09. The van der Waals surface area contributed by atoms with Crippen LogP contribution in [-0.4, -0.2) is 24.8 Å². The van der Waals surface area contributed by atoms with Crippen LogP contribution in [0.15, 0.2) is 35.7 Å². The van der Waals surface area contributed by atoms with E-state index in [2.05, 4.69) is 41.4 Å². The van der Waals surface area contributed by atoms with Gasteiger partial charge in [-0.25, -0.2) is 0 Å². The number of amides is 1. The van der Waals surface area contributed by atoms with Gasteiger partial charge in [0.2, 0.25) is 5.91 Å². The predicted octanol–water partition coefficient (Wildman–Crippen LogP) is 4.05. The van der Waals surface area contributed by atoms with Crippen molar-refractivity contribution in [1.82, 2.24) is 5.32 Å². The average molecular weight is 371 g/mol. The van der Waals surface area contributed by atoms with E-state index >= 15 is 0 Å². The maximum Gasteiger partial charge on any atom is 0.224 e. The minimum absolute atomic E-state index is 0.0215. The number of thiophene rings is 1. The highest BCUT2D eigenvalue weighted by atomic mass is 32.1. The van der Waals surface area contributed by atoms with E-state index in [1.165, 1.54) is 29.9 Å². The zero-order valence-corrected chi connectivity index (χ0v) is 16.3. The van der Waals surface area contributed by atoms with Gasteiger partial charge in [0.05, 0.1) is 11.3 Å². The fourth-order valence-electron chi connectivity index (χ4n) is 3.35. The summed E-state index contributed by atoms with van der Waals surface area (Å²) in [6.45, 7) is 6.63. The lowest BCUT2D eigenvalue weighted by Gasteiger charge is -2.32. The molecule has 1 aromatic heterocycles. The summed E-state index contributed by atoms with van der Waals surface area (Å²) in [5.41, 5.74) is 3.26. The molecule has 0 saturated carbocycles. The van der Waals surface area contributed by atoms with Gasteiger partial charge in [0, 0.05) is 25.3 Å². The fraction of sp³-hybridized carbons (Fsp3) is 0.429. The number of nitrogens with zero attached hydrogens (tertiary/aromatic N) is 1. The molecule has 1 unspecified atom stereocenters. The normalized spacial score (nSPS) is 17.2. The SMILES string of the molecule is CC(=O)c1cc(CC(=O)NCc2ccc(N3CCCC(C)C3)cc2)cs1. The lowest BCUT2D eigenvalue weighted by atomic mass is 9.99. The minimum Gasteiger partial charge on any atom is -0.371 e. The first-order chi connectivity index (χ1) is 12.5. The second kappa shape index (κ2) is 8.49. The molecule has 138 valence electrons. The van der Waals surface area contributed by atoms with Crippen molar-refractivity contribution in [2.45, 2.75) is 39.7 Å². The molecule has 0 aliphatic carbocycles.